The van der Waals surface area contributed by atoms with Crippen LogP contribution in [0.5, 0.6) is 5.75 Å². The largest absolute Gasteiger partial charge is 0.497 e. The number of nitrogens with zero attached hydrogens (tertiary/aromatic N) is 1. The summed E-state index contributed by atoms with van der Waals surface area (Å²) in [6.07, 6.45) is 0. The number of halogens is 1. The van der Waals surface area contributed by atoms with E-state index >= 15 is 0 Å². The summed E-state index contributed by atoms with van der Waals surface area (Å²) >= 11 is 3.32. The monoisotopic (exact) mass is 442 g/mol. The SMILES string of the molecule is COc1ccc(S(=O)(=O)N(Cc2ccc(Br)cc2)[C@H](C)C(=O)NO)cc1. The number of hydroxylamine groups is 1. The predicted octanol–water partition coefficient (Wildman–Crippen LogP) is 2.54. The highest BCUT2D eigenvalue weighted by Gasteiger charge is 2.33. The predicted molar refractivity (Wildman–Crippen MR) is 99.3 cm³/mol. The maximum atomic E-state index is 13.1. The highest BCUT2D eigenvalue weighted by Crippen LogP contribution is 2.24. The number of carbonyl (C=O) groups is 1. The summed E-state index contributed by atoms with van der Waals surface area (Å²) in [4.78, 5) is 11.9. The molecule has 0 heterocycles. The normalized spacial score (nSPS) is 12.7. The zero-order valence-electron chi connectivity index (χ0n) is 14.2. The molecule has 0 spiro atoms. The maximum Gasteiger partial charge on any atom is 0.261 e. The quantitative estimate of drug-likeness (QED) is 0.507. The van der Waals surface area contributed by atoms with Crippen LogP contribution in [0.25, 0.3) is 0 Å². The van der Waals surface area contributed by atoms with Crippen molar-refractivity contribution in [1.82, 2.24) is 9.79 Å². The van der Waals surface area contributed by atoms with Crippen LogP contribution < -0.4 is 10.2 Å². The van der Waals surface area contributed by atoms with Crippen LogP contribution in [0.1, 0.15) is 12.5 Å². The van der Waals surface area contributed by atoms with E-state index in [0.717, 1.165) is 8.78 Å². The van der Waals surface area contributed by atoms with Gasteiger partial charge in [-0.1, -0.05) is 28.1 Å². The second-order valence-corrected chi connectivity index (χ2v) is 8.31. The highest BCUT2D eigenvalue weighted by atomic mass is 79.9. The van der Waals surface area contributed by atoms with Crippen molar-refractivity contribution in [2.24, 2.45) is 0 Å². The summed E-state index contributed by atoms with van der Waals surface area (Å²) in [6.45, 7) is 1.38. The second kappa shape index (κ2) is 8.63. The van der Waals surface area contributed by atoms with Crippen molar-refractivity contribution in [2.45, 2.75) is 24.4 Å². The van der Waals surface area contributed by atoms with E-state index in [1.54, 1.807) is 24.3 Å². The number of hydrogen-bond acceptors (Lipinski definition) is 5. The Hall–Kier alpha value is -1.94. The van der Waals surface area contributed by atoms with Gasteiger partial charge in [0.15, 0.2) is 0 Å². The van der Waals surface area contributed by atoms with Gasteiger partial charge in [-0.2, -0.15) is 4.31 Å². The standard InChI is InChI=1S/C17H19BrN2O5S/c1-12(17(21)19-22)20(11-13-3-5-14(18)6-4-13)26(23,24)16-9-7-15(25-2)8-10-16/h3-10,12,22H,11H2,1-2H3,(H,19,21)/t12-/m1/s1. The zero-order chi connectivity index (χ0) is 19.3. The van der Waals surface area contributed by atoms with E-state index in [-0.39, 0.29) is 11.4 Å². The first-order valence-corrected chi connectivity index (χ1v) is 9.87. The van der Waals surface area contributed by atoms with Crippen molar-refractivity contribution in [3.8, 4) is 5.75 Å². The molecule has 0 aliphatic heterocycles. The van der Waals surface area contributed by atoms with Gasteiger partial charge in [0.1, 0.15) is 11.8 Å². The molecule has 0 bridgehead atoms. The van der Waals surface area contributed by atoms with E-state index in [1.807, 2.05) is 0 Å². The summed E-state index contributed by atoms with van der Waals surface area (Å²) in [6, 6.07) is 11.8. The molecule has 7 nitrogen and oxygen atoms in total. The van der Waals surface area contributed by atoms with Gasteiger partial charge >= 0.3 is 0 Å². The molecule has 0 aliphatic carbocycles. The lowest BCUT2D eigenvalue weighted by Gasteiger charge is -2.27. The molecule has 2 aromatic rings. The van der Waals surface area contributed by atoms with Gasteiger partial charge in [0, 0.05) is 11.0 Å². The van der Waals surface area contributed by atoms with Crippen molar-refractivity contribution < 1.29 is 23.2 Å². The second-order valence-electron chi connectivity index (χ2n) is 5.50. The van der Waals surface area contributed by atoms with Crippen LogP contribution in [-0.2, 0) is 21.4 Å². The molecular weight excluding hydrogens is 424 g/mol. The highest BCUT2D eigenvalue weighted by molar-refractivity contribution is 9.10. The fourth-order valence-corrected chi connectivity index (χ4v) is 4.15. The van der Waals surface area contributed by atoms with Crippen LogP contribution in [0.3, 0.4) is 0 Å². The minimum atomic E-state index is -3.99. The van der Waals surface area contributed by atoms with Crippen LogP contribution in [-0.4, -0.2) is 37.0 Å². The van der Waals surface area contributed by atoms with Gasteiger partial charge in [-0.25, -0.2) is 13.9 Å². The minimum absolute atomic E-state index is 0.0213. The molecule has 1 atom stereocenters. The lowest BCUT2D eigenvalue weighted by Crippen LogP contribution is -2.46. The summed E-state index contributed by atoms with van der Waals surface area (Å²) in [5.74, 6) is -0.302. The first-order chi connectivity index (χ1) is 12.3. The molecule has 0 fully saturated rings. The molecule has 0 saturated heterocycles. The van der Waals surface area contributed by atoms with Crippen LogP contribution >= 0.6 is 15.9 Å². The molecule has 9 heteroatoms. The lowest BCUT2D eigenvalue weighted by molar-refractivity contribution is -0.132. The van der Waals surface area contributed by atoms with E-state index in [1.165, 1.54) is 43.8 Å². The van der Waals surface area contributed by atoms with E-state index < -0.39 is 22.0 Å². The molecule has 0 radical (unpaired) electrons. The summed E-state index contributed by atoms with van der Waals surface area (Å²) in [5, 5.41) is 8.92. The number of hydrogen-bond donors (Lipinski definition) is 2. The number of rotatable bonds is 7. The third kappa shape index (κ3) is 4.61. The first kappa shape index (κ1) is 20.4. The van der Waals surface area contributed by atoms with Crippen molar-refractivity contribution in [3.05, 3.63) is 58.6 Å². The Morgan fingerprint density at radius 2 is 1.77 bits per heavy atom. The summed E-state index contributed by atoms with van der Waals surface area (Å²) in [7, 11) is -2.51. The van der Waals surface area contributed by atoms with Crippen LogP contribution in [0.15, 0.2) is 57.9 Å². The molecule has 2 aromatic carbocycles. The van der Waals surface area contributed by atoms with Crippen molar-refractivity contribution >= 4 is 31.9 Å². The van der Waals surface area contributed by atoms with E-state index in [0.29, 0.717) is 11.3 Å². The smallest absolute Gasteiger partial charge is 0.261 e. The molecule has 26 heavy (non-hydrogen) atoms. The fraction of sp³-hybridized carbons (Fsp3) is 0.235. The van der Waals surface area contributed by atoms with Gasteiger partial charge in [0.25, 0.3) is 5.91 Å². The van der Waals surface area contributed by atoms with Crippen LogP contribution in [0.4, 0.5) is 0 Å². The number of amides is 1. The first-order valence-electron chi connectivity index (χ1n) is 7.64. The molecule has 0 unspecified atom stereocenters. The number of nitrogens with one attached hydrogen (secondary N) is 1. The van der Waals surface area contributed by atoms with Gasteiger partial charge in [-0.15, -0.1) is 0 Å². The summed E-state index contributed by atoms with van der Waals surface area (Å²) in [5.41, 5.74) is 2.21. The average Bonchev–Trinajstić information content (AvgIpc) is 2.66. The number of benzene rings is 2. The molecule has 140 valence electrons. The lowest BCUT2D eigenvalue weighted by atomic mass is 10.2. The Labute approximate surface area is 160 Å². The van der Waals surface area contributed by atoms with Crippen molar-refractivity contribution in [2.75, 3.05) is 7.11 Å². The van der Waals surface area contributed by atoms with Gasteiger partial charge in [-0.3, -0.25) is 10.0 Å². The fourth-order valence-electron chi connectivity index (χ4n) is 2.31. The summed E-state index contributed by atoms with van der Waals surface area (Å²) < 4.78 is 33.1. The number of carbonyl (C=O) groups excluding carboxylic acids is 1. The molecule has 2 N–H and O–H groups in total. The van der Waals surface area contributed by atoms with E-state index in [4.69, 9.17) is 9.94 Å². The Morgan fingerprint density at radius 3 is 2.27 bits per heavy atom. The molecular formula is C17H19BrN2O5S. The van der Waals surface area contributed by atoms with Crippen molar-refractivity contribution in [1.29, 1.82) is 0 Å². The number of methoxy groups -OCH3 is 1. The van der Waals surface area contributed by atoms with E-state index in [9.17, 15) is 13.2 Å². The zero-order valence-corrected chi connectivity index (χ0v) is 16.6. The topological polar surface area (TPSA) is 95.9 Å². The molecule has 0 aliphatic rings. The maximum absolute atomic E-state index is 13.1. The molecule has 1 amide bonds. The van der Waals surface area contributed by atoms with Gasteiger partial charge in [0.2, 0.25) is 10.0 Å². The van der Waals surface area contributed by atoms with Gasteiger partial charge in [-0.05, 0) is 48.9 Å². The Morgan fingerprint density at radius 1 is 1.19 bits per heavy atom. The number of ether oxygens (including phenoxy) is 1. The Kier molecular flexibility index (Phi) is 6.76. The van der Waals surface area contributed by atoms with Gasteiger partial charge in [0.05, 0.1) is 12.0 Å². The average molecular weight is 443 g/mol. The molecule has 0 aromatic heterocycles. The third-order valence-corrected chi connectivity index (χ3v) is 6.30. The molecule has 0 saturated carbocycles. The van der Waals surface area contributed by atoms with Crippen LogP contribution in [0.2, 0.25) is 0 Å². The Balaban J connectivity index is 2.43. The van der Waals surface area contributed by atoms with Gasteiger partial charge < -0.3 is 4.74 Å². The Bertz CT molecular complexity index is 854. The number of sulfonamides is 1. The minimum Gasteiger partial charge on any atom is -0.497 e. The third-order valence-electron chi connectivity index (χ3n) is 3.84. The van der Waals surface area contributed by atoms with E-state index in [2.05, 4.69) is 15.9 Å². The molecule has 2 rings (SSSR count). The van der Waals surface area contributed by atoms with Crippen LogP contribution in [0, 0.1) is 0 Å². The van der Waals surface area contributed by atoms with Crippen molar-refractivity contribution in [3.63, 3.8) is 0 Å².